The van der Waals surface area contributed by atoms with Gasteiger partial charge in [0.2, 0.25) is 0 Å². The van der Waals surface area contributed by atoms with Gasteiger partial charge in [-0.05, 0) is 37.8 Å². The zero-order valence-corrected chi connectivity index (χ0v) is 12.2. The summed E-state index contributed by atoms with van der Waals surface area (Å²) < 4.78 is 2.16. The zero-order valence-electron chi connectivity index (χ0n) is 12.2. The number of fused-ring (bicyclic) bond motifs is 1. The van der Waals surface area contributed by atoms with Crippen molar-refractivity contribution in [3.05, 3.63) is 42.0 Å². The molecule has 0 radical (unpaired) electrons. The predicted octanol–water partition coefficient (Wildman–Crippen LogP) is 3.52. The van der Waals surface area contributed by atoms with Crippen LogP contribution in [0.1, 0.15) is 30.0 Å². The van der Waals surface area contributed by atoms with Gasteiger partial charge in [0.25, 0.3) is 0 Å². The molecule has 1 saturated carbocycles. The molecule has 3 aromatic rings. The molecule has 0 spiro atoms. The standard InChI is InChI=1S/C16H17N5/c1-10-4-3-5-11(2)13(10)20-15-14-16(18-8-17-15)21(9-19-14)12-6-7-12/h3-5,8-9,12H,6-7H2,1-2H3,(H,17,18,20). The van der Waals surface area contributed by atoms with Crippen LogP contribution in [0.2, 0.25) is 0 Å². The number of nitrogens with one attached hydrogen (secondary N) is 1. The van der Waals surface area contributed by atoms with E-state index in [2.05, 4.69) is 56.9 Å². The van der Waals surface area contributed by atoms with Gasteiger partial charge in [0.05, 0.1) is 6.33 Å². The van der Waals surface area contributed by atoms with Crippen molar-refractivity contribution >= 4 is 22.7 Å². The summed E-state index contributed by atoms with van der Waals surface area (Å²) in [6, 6.07) is 6.82. The molecule has 2 heterocycles. The molecule has 21 heavy (non-hydrogen) atoms. The van der Waals surface area contributed by atoms with Crippen molar-refractivity contribution in [2.45, 2.75) is 32.7 Å². The average Bonchev–Trinajstić information content (AvgIpc) is 3.22. The van der Waals surface area contributed by atoms with Crippen LogP contribution in [-0.4, -0.2) is 19.5 Å². The molecule has 0 amide bonds. The molecule has 1 aliphatic rings. The van der Waals surface area contributed by atoms with Crippen LogP contribution < -0.4 is 5.32 Å². The second-order valence-corrected chi connectivity index (χ2v) is 5.67. The van der Waals surface area contributed by atoms with E-state index in [9.17, 15) is 0 Å². The number of para-hydroxylation sites is 1. The van der Waals surface area contributed by atoms with Crippen LogP contribution in [0.3, 0.4) is 0 Å². The summed E-state index contributed by atoms with van der Waals surface area (Å²) in [5, 5.41) is 3.43. The molecular formula is C16H17N5. The van der Waals surface area contributed by atoms with Crippen molar-refractivity contribution in [2.24, 2.45) is 0 Å². The first kappa shape index (κ1) is 12.3. The molecule has 0 unspecified atom stereocenters. The number of rotatable bonds is 3. The van der Waals surface area contributed by atoms with E-state index in [1.807, 2.05) is 6.33 Å². The number of benzene rings is 1. The molecule has 1 fully saturated rings. The number of nitrogens with zero attached hydrogens (tertiary/aromatic N) is 4. The summed E-state index contributed by atoms with van der Waals surface area (Å²) in [6.07, 6.45) is 5.93. The Labute approximate surface area is 123 Å². The van der Waals surface area contributed by atoms with E-state index in [-0.39, 0.29) is 0 Å². The van der Waals surface area contributed by atoms with E-state index in [0.717, 1.165) is 22.7 Å². The number of aryl methyl sites for hydroxylation is 2. The molecule has 0 aliphatic heterocycles. The molecule has 1 aliphatic carbocycles. The predicted molar refractivity (Wildman–Crippen MR) is 82.8 cm³/mol. The summed E-state index contributed by atoms with van der Waals surface area (Å²) >= 11 is 0. The van der Waals surface area contributed by atoms with Crippen LogP contribution in [0.25, 0.3) is 11.2 Å². The third-order valence-electron chi connectivity index (χ3n) is 4.02. The number of anilines is 2. The van der Waals surface area contributed by atoms with Gasteiger partial charge in [0.1, 0.15) is 6.33 Å². The smallest absolute Gasteiger partial charge is 0.165 e. The van der Waals surface area contributed by atoms with Crippen LogP contribution in [0.15, 0.2) is 30.9 Å². The van der Waals surface area contributed by atoms with Gasteiger partial charge in [-0.2, -0.15) is 0 Å². The highest BCUT2D eigenvalue weighted by Gasteiger charge is 2.26. The van der Waals surface area contributed by atoms with Gasteiger partial charge in [0, 0.05) is 11.7 Å². The topological polar surface area (TPSA) is 55.6 Å². The minimum atomic E-state index is 0.568. The van der Waals surface area contributed by atoms with Gasteiger partial charge in [-0.25, -0.2) is 15.0 Å². The SMILES string of the molecule is Cc1cccc(C)c1Nc1ncnc2c1ncn2C1CC1. The van der Waals surface area contributed by atoms with Crippen LogP contribution in [0.4, 0.5) is 11.5 Å². The Morgan fingerprint density at radius 2 is 1.86 bits per heavy atom. The summed E-state index contributed by atoms with van der Waals surface area (Å²) in [7, 11) is 0. The van der Waals surface area contributed by atoms with Gasteiger partial charge < -0.3 is 9.88 Å². The van der Waals surface area contributed by atoms with Gasteiger partial charge in [-0.3, -0.25) is 0 Å². The maximum atomic E-state index is 4.51. The van der Waals surface area contributed by atoms with E-state index in [1.54, 1.807) is 6.33 Å². The first-order valence-electron chi connectivity index (χ1n) is 7.25. The zero-order chi connectivity index (χ0) is 14.4. The Balaban J connectivity index is 1.80. The molecule has 2 aromatic heterocycles. The highest BCUT2D eigenvalue weighted by Crippen LogP contribution is 2.37. The lowest BCUT2D eigenvalue weighted by Crippen LogP contribution is -2.00. The van der Waals surface area contributed by atoms with Gasteiger partial charge in [0.15, 0.2) is 17.0 Å². The fourth-order valence-corrected chi connectivity index (χ4v) is 2.69. The van der Waals surface area contributed by atoms with E-state index in [1.165, 1.54) is 24.0 Å². The molecule has 0 bridgehead atoms. The van der Waals surface area contributed by atoms with Crippen molar-refractivity contribution in [2.75, 3.05) is 5.32 Å². The Kier molecular flexibility index (Phi) is 2.67. The minimum absolute atomic E-state index is 0.568. The second-order valence-electron chi connectivity index (χ2n) is 5.67. The Morgan fingerprint density at radius 3 is 2.57 bits per heavy atom. The van der Waals surface area contributed by atoms with E-state index >= 15 is 0 Å². The maximum Gasteiger partial charge on any atom is 0.165 e. The highest BCUT2D eigenvalue weighted by atomic mass is 15.2. The largest absolute Gasteiger partial charge is 0.338 e. The molecule has 0 saturated heterocycles. The Bertz CT molecular complexity index is 796. The third-order valence-corrected chi connectivity index (χ3v) is 4.02. The van der Waals surface area contributed by atoms with Crippen LogP contribution in [0, 0.1) is 13.8 Å². The maximum absolute atomic E-state index is 4.51. The normalized spacial score (nSPS) is 14.6. The minimum Gasteiger partial charge on any atom is -0.338 e. The van der Waals surface area contributed by atoms with Crippen molar-refractivity contribution in [1.29, 1.82) is 0 Å². The third kappa shape index (κ3) is 2.05. The van der Waals surface area contributed by atoms with E-state index in [4.69, 9.17) is 0 Å². The molecule has 0 atom stereocenters. The number of imidazole rings is 1. The van der Waals surface area contributed by atoms with Crippen molar-refractivity contribution in [3.8, 4) is 0 Å². The van der Waals surface area contributed by atoms with Gasteiger partial charge >= 0.3 is 0 Å². The Morgan fingerprint density at radius 1 is 1.10 bits per heavy atom. The first-order chi connectivity index (χ1) is 10.2. The van der Waals surface area contributed by atoms with Gasteiger partial charge in [-0.1, -0.05) is 18.2 Å². The highest BCUT2D eigenvalue weighted by molar-refractivity contribution is 5.86. The summed E-state index contributed by atoms with van der Waals surface area (Å²) in [6.45, 7) is 4.19. The van der Waals surface area contributed by atoms with Crippen LogP contribution in [0.5, 0.6) is 0 Å². The van der Waals surface area contributed by atoms with Crippen molar-refractivity contribution < 1.29 is 0 Å². The second kappa shape index (κ2) is 4.55. The molecular weight excluding hydrogens is 262 g/mol. The molecule has 1 aromatic carbocycles. The average molecular weight is 279 g/mol. The molecule has 106 valence electrons. The molecule has 5 heteroatoms. The summed E-state index contributed by atoms with van der Waals surface area (Å²) in [4.78, 5) is 13.3. The lowest BCUT2D eigenvalue weighted by molar-refractivity contribution is 0.756. The lowest BCUT2D eigenvalue weighted by atomic mass is 10.1. The fraction of sp³-hybridized carbons (Fsp3) is 0.312. The van der Waals surface area contributed by atoms with Crippen molar-refractivity contribution in [3.63, 3.8) is 0 Å². The van der Waals surface area contributed by atoms with Crippen LogP contribution in [-0.2, 0) is 0 Å². The first-order valence-corrected chi connectivity index (χ1v) is 7.25. The summed E-state index contributed by atoms with van der Waals surface area (Å²) in [5.74, 6) is 0.775. The van der Waals surface area contributed by atoms with Gasteiger partial charge in [-0.15, -0.1) is 0 Å². The molecule has 5 nitrogen and oxygen atoms in total. The van der Waals surface area contributed by atoms with Crippen molar-refractivity contribution in [1.82, 2.24) is 19.5 Å². The quantitative estimate of drug-likeness (QED) is 0.797. The number of aromatic nitrogens is 4. The fourth-order valence-electron chi connectivity index (χ4n) is 2.69. The number of hydrogen-bond acceptors (Lipinski definition) is 4. The molecule has 4 rings (SSSR count). The Hall–Kier alpha value is -2.43. The van der Waals surface area contributed by atoms with E-state index < -0.39 is 0 Å². The monoisotopic (exact) mass is 279 g/mol. The number of hydrogen-bond donors (Lipinski definition) is 1. The van der Waals surface area contributed by atoms with Crippen LogP contribution >= 0.6 is 0 Å². The molecule has 1 N–H and O–H groups in total. The lowest BCUT2D eigenvalue weighted by Gasteiger charge is -2.12. The summed E-state index contributed by atoms with van der Waals surface area (Å²) in [5.41, 5.74) is 5.25. The van der Waals surface area contributed by atoms with E-state index in [0.29, 0.717) is 6.04 Å².